The second kappa shape index (κ2) is 26.7. The minimum atomic E-state index is 0. The molecule has 0 rings (SSSR count). The van der Waals surface area contributed by atoms with Crippen LogP contribution in [0.4, 0.5) is 0 Å². The van der Waals surface area contributed by atoms with Gasteiger partial charge >= 0.3 is 0 Å². The van der Waals surface area contributed by atoms with Gasteiger partial charge in [-0.3, -0.25) is 0 Å². The van der Waals surface area contributed by atoms with Crippen LogP contribution in [-0.4, -0.2) is 12.5 Å². The largest absolute Gasteiger partial charge is 0.0979 e. The van der Waals surface area contributed by atoms with Gasteiger partial charge in [-0.25, -0.2) is 0 Å². The third kappa shape index (κ3) is 39.0. The van der Waals surface area contributed by atoms with E-state index in [1.807, 2.05) is 0 Å². The van der Waals surface area contributed by atoms with E-state index in [9.17, 15) is 0 Å². The van der Waals surface area contributed by atoms with Crippen molar-refractivity contribution in [1.82, 2.24) is 0 Å². The fourth-order valence-corrected chi connectivity index (χ4v) is 0. The van der Waals surface area contributed by atoms with E-state index in [2.05, 4.69) is 12.5 Å². The summed E-state index contributed by atoms with van der Waals surface area (Å²) in [6.45, 7) is 0. The third-order valence-corrected chi connectivity index (χ3v) is 1.50. The second-order valence-electron chi connectivity index (χ2n) is 0.333. The van der Waals surface area contributed by atoms with E-state index in [1.54, 1.807) is 21.6 Å². The number of hydrogen-bond donors (Lipinski definition) is 0. The van der Waals surface area contributed by atoms with Crippen LogP contribution in [0, 0.1) is 0 Å². The Hall–Kier alpha value is 1.28. The summed E-state index contributed by atoms with van der Waals surface area (Å²) < 4.78 is 0. The molecule has 1 radical (unpaired) electrons. The molecule has 0 bridgehead atoms. The van der Waals surface area contributed by atoms with Crippen LogP contribution in [0.5, 0.6) is 0 Å². The quantitative estimate of drug-likeness (QED) is 0.565. The average molecular weight is 177 g/mol. The van der Waals surface area contributed by atoms with E-state index < -0.39 is 0 Å². The zero-order valence-electron chi connectivity index (χ0n) is 3.26. The monoisotopic (exact) mass is 177 g/mol. The van der Waals surface area contributed by atoms with Gasteiger partial charge in [0, 0.05) is 18.6 Å². The van der Waals surface area contributed by atoms with Crippen molar-refractivity contribution in [2.45, 2.75) is 14.9 Å². The van der Waals surface area contributed by atoms with Gasteiger partial charge in [-0.1, -0.05) is 36.4 Å². The van der Waals surface area contributed by atoms with Crippen LogP contribution in [0.1, 0.15) is 14.9 Å². The van der Waals surface area contributed by atoms with Crippen LogP contribution in [0.25, 0.3) is 0 Å². The van der Waals surface area contributed by atoms with E-state index in [1.165, 1.54) is 0 Å². The Kier molecular flexibility index (Phi) is 91.2. The standard InChI is InChI=1S/C2H6S2.2CH4.V/c1-3-4-2;;;/h1-2H3;2*1H4;. The Morgan fingerprint density at radius 3 is 1.00 bits per heavy atom. The topological polar surface area (TPSA) is 0 Å². The predicted octanol–water partition coefficient (Wildman–Crippen LogP) is 2.90. The molecule has 0 nitrogen and oxygen atoms in total. The Balaban J connectivity index is -0.0000000150. The summed E-state index contributed by atoms with van der Waals surface area (Å²) in [6, 6.07) is 0. The van der Waals surface area contributed by atoms with Gasteiger partial charge in [0.25, 0.3) is 0 Å². The van der Waals surface area contributed by atoms with Gasteiger partial charge < -0.3 is 0 Å². The summed E-state index contributed by atoms with van der Waals surface area (Å²) in [6.07, 6.45) is 4.12. The molecule has 0 aromatic carbocycles. The van der Waals surface area contributed by atoms with Crippen molar-refractivity contribution in [2.75, 3.05) is 12.5 Å². The van der Waals surface area contributed by atoms with Crippen LogP contribution in [0.15, 0.2) is 0 Å². The Morgan fingerprint density at radius 2 is 1.00 bits per heavy atom. The molecule has 0 aromatic heterocycles. The molecule has 0 heterocycles. The average Bonchev–Trinajstić information content (AvgIpc) is 1.37. The first kappa shape index (κ1) is 23.9. The maximum Gasteiger partial charge on any atom is 0 e. The maximum atomic E-state index is 2.06. The molecule has 7 heavy (non-hydrogen) atoms. The van der Waals surface area contributed by atoms with Crippen molar-refractivity contribution in [1.29, 1.82) is 0 Å². The maximum absolute atomic E-state index is 2.06. The molecule has 0 N–H and O–H groups in total. The summed E-state index contributed by atoms with van der Waals surface area (Å²) in [4.78, 5) is 0. The van der Waals surface area contributed by atoms with Gasteiger partial charge in [0.15, 0.2) is 0 Å². The minimum absolute atomic E-state index is 0. The van der Waals surface area contributed by atoms with Gasteiger partial charge in [-0.2, -0.15) is 0 Å². The molecule has 0 atom stereocenters. The molecule has 0 saturated carbocycles. The molecule has 0 amide bonds. The van der Waals surface area contributed by atoms with E-state index >= 15 is 0 Å². The first-order valence-electron chi connectivity index (χ1n) is 0.983. The molecule has 0 aliphatic carbocycles. The van der Waals surface area contributed by atoms with Gasteiger partial charge in [0.1, 0.15) is 0 Å². The summed E-state index contributed by atoms with van der Waals surface area (Å²) in [5.41, 5.74) is 0. The van der Waals surface area contributed by atoms with Crippen LogP contribution < -0.4 is 0 Å². The molecule has 0 unspecified atom stereocenters. The molecule has 47 valence electrons. The molecule has 0 aliphatic rings. The first-order chi connectivity index (χ1) is 1.91. The molecular formula is C4H14S2V. The summed E-state index contributed by atoms with van der Waals surface area (Å²) >= 11 is 0. The van der Waals surface area contributed by atoms with Gasteiger partial charge in [-0.15, -0.1) is 0 Å². The molecule has 0 spiro atoms. The van der Waals surface area contributed by atoms with Crippen molar-refractivity contribution in [3.8, 4) is 0 Å². The van der Waals surface area contributed by atoms with E-state index in [0.717, 1.165) is 0 Å². The van der Waals surface area contributed by atoms with E-state index in [-0.39, 0.29) is 33.4 Å². The van der Waals surface area contributed by atoms with Crippen LogP contribution in [0.2, 0.25) is 0 Å². The van der Waals surface area contributed by atoms with Crippen molar-refractivity contribution in [3.63, 3.8) is 0 Å². The van der Waals surface area contributed by atoms with Gasteiger partial charge in [0.05, 0.1) is 0 Å². The van der Waals surface area contributed by atoms with Gasteiger partial charge in [-0.05, 0) is 12.5 Å². The summed E-state index contributed by atoms with van der Waals surface area (Å²) in [5, 5.41) is 0. The fraction of sp³-hybridized carbons (Fsp3) is 1.00. The Morgan fingerprint density at radius 1 is 0.857 bits per heavy atom. The summed E-state index contributed by atoms with van der Waals surface area (Å²) in [7, 11) is 3.55. The van der Waals surface area contributed by atoms with Crippen LogP contribution in [-0.2, 0) is 18.6 Å². The zero-order chi connectivity index (χ0) is 3.41. The van der Waals surface area contributed by atoms with Crippen molar-refractivity contribution in [2.24, 2.45) is 0 Å². The summed E-state index contributed by atoms with van der Waals surface area (Å²) in [5.74, 6) is 0. The number of rotatable bonds is 1. The smallest absolute Gasteiger partial charge is 0 e. The fourth-order valence-electron chi connectivity index (χ4n) is 0. The van der Waals surface area contributed by atoms with Gasteiger partial charge in [0.2, 0.25) is 0 Å². The SMILES string of the molecule is C.C.CSSC.[V]. The van der Waals surface area contributed by atoms with E-state index in [0.29, 0.717) is 0 Å². The third-order valence-electron chi connectivity index (χ3n) is 0.167. The van der Waals surface area contributed by atoms with Crippen molar-refractivity contribution >= 4 is 21.6 Å². The Bertz CT molecular complexity index is 11.7. The molecule has 0 fully saturated rings. The zero-order valence-corrected chi connectivity index (χ0v) is 6.29. The van der Waals surface area contributed by atoms with Crippen molar-refractivity contribution in [3.05, 3.63) is 0 Å². The molecule has 0 aliphatic heterocycles. The van der Waals surface area contributed by atoms with Crippen molar-refractivity contribution < 1.29 is 18.6 Å². The first-order valence-corrected chi connectivity index (χ1v) is 3.95. The predicted molar refractivity (Wildman–Crippen MR) is 40.5 cm³/mol. The van der Waals surface area contributed by atoms with Crippen LogP contribution >= 0.6 is 21.6 Å². The second-order valence-corrected chi connectivity index (χ2v) is 3.00. The molecular weight excluding hydrogens is 163 g/mol. The Labute approximate surface area is 67.5 Å². The molecule has 0 aromatic rings. The van der Waals surface area contributed by atoms with E-state index in [4.69, 9.17) is 0 Å². The number of hydrogen-bond acceptors (Lipinski definition) is 2. The minimum Gasteiger partial charge on any atom is -0.0979 e. The normalized spacial score (nSPS) is 4.29. The molecule has 3 heteroatoms. The van der Waals surface area contributed by atoms with Crippen LogP contribution in [0.3, 0.4) is 0 Å². The molecule has 0 saturated heterocycles.